The molecule has 0 saturated carbocycles. The molecule has 0 amide bonds. The average Bonchev–Trinajstić information content (AvgIpc) is 2.23. The summed E-state index contributed by atoms with van der Waals surface area (Å²) >= 11 is 3.11. The highest BCUT2D eigenvalue weighted by Gasteiger charge is 2.15. The number of hydrogen-bond donors (Lipinski definition) is 0. The Labute approximate surface area is 112 Å². The summed E-state index contributed by atoms with van der Waals surface area (Å²) < 4.78 is 27.7. The monoisotopic (exact) mass is 340 g/mol. The number of carbonyl (C=O) groups is 1. The molecule has 4 nitrogen and oxygen atoms in total. The van der Waals surface area contributed by atoms with Gasteiger partial charge in [-0.05, 0) is 24.6 Å². The third kappa shape index (κ3) is 4.29. The van der Waals surface area contributed by atoms with Gasteiger partial charge in [0.15, 0.2) is 0 Å². The second kappa shape index (κ2) is 5.84. The van der Waals surface area contributed by atoms with Crippen molar-refractivity contribution in [3.8, 4) is 0 Å². The molecule has 0 saturated heterocycles. The zero-order valence-corrected chi connectivity index (χ0v) is 12.1. The highest BCUT2D eigenvalue weighted by atomic mass is 79.9. The molecule has 0 radical (unpaired) electrons. The number of carbonyl (C=O) groups excluding carboxylic acids is 1. The first kappa shape index (κ1) is 14.5. The first-order valence-corrected chi connectivity index (χ1v) is 7.87. The second-order valence-corrected chi connectivity index (χ2v) is 6.73. The zero-order chi connectivity index (χ0) is 13.1. The van der Waals surface area contributed by atoms with Crippen LogP contribution >= 0.6 is 26.6 Å². The second-order valence-electron chi connectivity index (χ2n) is 3.25. The molecule has 94 valence electrons. The minimum atomic E-state index is -3.87. The van der Waals surface area contributed by atoms with Gasteiger partial charge >= 0.3 is 5.97 Å². The van der Waals surface area contributed by atoms with Crippen LogP contribution in [0.4, 0.5) is 0 Å². The summed E-state index contributed by atoms with van der Waals surface area (Å²) in [4.78, 5) is 11.4. The number of hydrogen-bond acceptors (Lipinski definition) is 4. The summed E-state index contributed by atoms with van der Waals surface area (Å²) in [6.07, 6.45) is 0.695. The van der Waals surface area contributed by atoms with E-state index in [9.17, 15) is 13.2 Å². The number of benzene rings is 1. The third-order valence-electron chi connectivity index (χ3n) is 1.83. The predicted octanol–water partition coefficient (Wildman–Crippen LogP) is 2.94. The fourth-order valence-corrected chi connectivity index (χ4v) is 2.55. The molecule has 1 aromatic carbocycles. The van der Waals surface area contributed by atoms with E-state index in [-0.39, 0.29) is 17.1 Å². The third-order valence-corrected chi connectivity index (χ3v) is 3.62. The Morgan fingerprint density at radius 1 is 1.41 bits per heavy atom. The van der Waals surface area contributed by atoms with Gasteiger partial charge in [0.2, 0.25) is 0 Å². The highest BCUT2D eigenvalue weighted by Crippen LogP contribution is 2.22. The van der Waals surface area contributed by atoms with E-state index in [1.165, 1.54) is 18.2 Å². The number of halogens is 2. The van der Waals surface area contributed by atoms with Crippen LogP contribution in [0.1, 0.15) is 23.7 Å². The fraction of sp³-hybridized carbons (Fsp3) is 0.300. The van der Waals surface area contributed by atoms with Crippen molar-refractivity contribution in [2.45, 2.75) is 18.2 Å². The number of rotatable bonds is 4. The van der Waals surface area contributed by atoms with Crippen molar-refractivity contribution >= 4 is 41.6 Å². The van der Waals surface area contributed by atoms with Crippen LogP contribution in [-0.4, -0.2) is 21.0 Å². The van der Waals surface area contributed by atoms with Crippen molar-refractivity contribution in [3.05, 3.63) is 28.2 Å². The quantitative estimate of drug-likeness (QED) is 0.624. The van der Waals surface area contributed by atoms with E-state index in [4.69, 9.17) is 15.4 Å². The first-order valence-electron chi connectivity index (χ1n) is 4.77. The summed E-state index contributed by atoms with van der Waals surface area (Å²) in [5, 5.41) is 0. The molecule has 0 aromatic heterocycles. The maximum absolute atomic E-state index is 11.6. The summed E-state index contributed by atoms with van der Waals surface area (Å²) in [6, 6.07) is 3.98. The Morgan fingerprint density at radius 2 is 2.06 bits per heavy atom. The lowest BCUT2D eigenvalue weighted by Crippen LogP contribution is -2.07. The Hall–Kier alpha value is -0.590. The van der Waals surface area contributed by atoms with Crippen LogP contribution in [0.15, 0.2) is 27.6 Å². The molecule has 0 aliphatic rings. The van der Waals surface area contributed by atoms with Gasteiger partial charge in [-0.3, -0.25) is 0 Å². The van der Waals surface area contributed by atoms with Crippen molar-refractivity contribution in [1.82, 2.24) is 0 Å². The van der Waals surface area contributed by atoms with Crippen LogP contribution in [0.5, 0.6) is 0 Å². The van der Waals surface area contributed by atoms with E-state index < -0.39 is 15.0 Å². The van der Waals surface area contributed by atoms with Crippen LogP contribution in [-0.2, 0) is 13.8 Å². The van der Waals surface area contributed by atoms with Gasteiger partial charge in [0, 0.05) is 15.2 Å². The van der Waals surface area contributed by atoms with Crippen LogP contribution in [0.3, 0.4) is 0 Å². The van der Waals surface area contributed by atoms with Crippen molar-refractivity contribution < 1.29 is 17.9 Å². The van der Waals surface area contributed by atoms with E-state index in [0.717, 1.165) is 0 Å². The van der Waals surface area contributed by atoms with E-state index in [1.807, 2.05) is 6.92 Å². The SMILES string of the molecule is CCCOC(=O)c1cc(Br)cc(S(=O)(=O)Cl)c1. The van der Waals surface area contributed by atoms with Crippen molar-refractivity contribution in [3.63, 3.8) is 0 Å². The van der Waals surface area contributed by atoms with Crippen LogP contribution in [0.25, 0.3) is 0 Å². The lowest BCUT2D eigenvalue weighted by atomic mass is 10.2. The molecule has 0 unspecified atom stereocenters. The molecule has 0 heterocycles. The molecule has 0 aliphatic carbocycles. The van der Waals surface area contributed by atoms with Gasteiger partial charge in [0.25, 0.3) is 9.05 Å². The number of esters is 1. The minimum absolute atomic E-state index is 0.142. The summed E-state index contributed by atoms with van der Waals surface area (Å²) in [7, 11) is 1.34. The molecule has 1 aromatic rings. The average molecular weight is 342 g/mol. The zero-order valence-electron chi connectivity index (χ0n) is 8.94. The maximum Gasteiger partial charge on any atom is 0.338 e. The normalized spacial score (nSPS) is 11.2. The predicted molar refractivity (Wildman–Crippen MR) is 67.8 cm³/mol. The molecule has 0 spiro atoms. The van der Waals surface area contributed by atoms with Crippen molar-refractivity contribution in [2.24, 2.45) is 0 Å². The lowest BCUT2D eigenvalue weighted by molar-refractivity contribution is 0.0504. The Balaban J connectivity index is 3.10. The molecule has 0 N–H and O–H groups in total. The summed E-state index contributed by atoms with van der Waals surface area (Å²) in [5.74, 6) is -0.574. The number of ether oxygens (including phenoxy) is 1. The molecule has 1 rings (SSSR count). The minimum Gasteiger partial charge on any atom is -0.462 e. The van der Waals surface area contributed by atoms with Crippen LogP contribution in [0.2, 0.25) is 0 Å². The van der Waals surface area contributed by atoms with Crippen LogP contribution < -0.4 is 0 Å². The van der Waals surface area contributed by atoms with Gasteiger partial charge in [-0.25, -0.2) is 13.2 Å². The van der Waals surface area contributed by atoms with Gasteiger partial charge in [-0.15, -0.1) is 0 Å². The largest absolute Gasteiger partial charge is 0.462 e. The smallest absolute Gasteiger partial charge is 0.338 e. The van der Waals surface area contributed by atoms with Gasteiger partial charge in [0.05, 0.1) is 17.1 Å². The van der Waals surface area contributed by atoms with E-state index in [0.29, 0.717) is 10.9 Å². The molecule has 17 heavy (non-hydrogen) atoms. The van der Waals surface area contributed by atoms with Gasteiger partial charge < -0.3 is 4.74 Å². The van der Waals surface area contributed by atoms with Crippen molar-refractivity contribution in [1.29, 1.82) is 0 Å². The maximum atomic E-state index is 11.6. The fourth-order valence-electron chi connectivity index (χ4n) is 1.10. The Kier molecular flexibility index (Phi) is 4.97. The molecular weight excluding hydrogens is 332 g/mol. The summed E-state index contributed by atoms with van der Waals surface area (Å²) in [5.41, 5.74) is 0.145. The molecule has 0 fully saturated rings. The van der Waals surface area contributed by atoms with E-state index in [2.05, 4.69) is 15.9 Å². The molecule has 0 bridgehead atoms. The standard InChI is InChI=1S/C10H10BrClO4S/c1-2-3-16-10(13)7-4-8(11)6-9(5-7)17(12,14)15/h4-6H,2-3H2,1H3. The van der Waals surface area contributed by atoms with Gasteiger partial charge in [0.1, 0.15) is 0 Å². The van der Waals surface area contributed by atoms with Gasteiger partial charge in [-0.2, -0.15) is 0 Å². The topological polar surface area (TPSA) is 60.4 Å². The van der Waals surface area contributed by atoms with Gasteiger partial charge in [-0.1, -0.05) is 22.9 Å². The van der Waals surface area contributed by atoms with E-state index >= 15 is 0 Å². The van der Waals surface area contributed by atoms with E-state index in [1.54, 1.807) is 0 Å². The molecule has 0 atom stereocenters. The molecule has 0 aliphatic heterocycles. The van der Waals surface area contributed by atoms with Crippen molar-refractivity contribution in [2.75, 3.05) is 6.61 Å². The molecule has 7 heteroatoms. The Bertz CT molecular complexity index is 527. The highest BCUT2D eigenvalue weighted by molar-refractivity contribution is 9.10. The Morgan fingerprint density at radius 3 is 2.59 bits per heavy atom. The molecular formula is C10H10BrClO4S. The van der Waals surface area contributed by atoms with Crippen LogP contribution in [0, 0.1) is 0 Å². The lowest BCUT2D eigenvalue weighted by Gasteiger charge is -2.05. The first-order chi connectivity index (χ1) is 7.84. The summed E-state index contributed by atoms with van der Waals surface area (Å²) in [6.45, 7) is 2.15.